The highest BCUT2D eigenvalue weighted by molar-refractivity contribution is 7.12. The summed E-state index contributed by atoms with van der Waals surface area (Å²) in [4.78, 5) is 7.19. The Morgan fingerprint density at radius 1 is 1.50 bits per heavy atom. The highest BCUT2D eigenvalue weighted by atomic mass is 32.1. The second-order valence-corrected chi connectivity index (χ2v) is 5.87. The Labute approximate surface area is 104 Å². The van der Waals surface area contributed by atoms with Gasteiger partial charge in [0.15, 0.2) is 0 Å². The maximum absolute atomic E-state index is 4.48. The number of rotatable bonds is 5. The van der Waals surface area contributed by atoms with E-state index in [0.717, 1.165) is 13.0 Å². The van der Waals surface area contributed by atoms with Crippen LogP contribution in [0.3, 0.4) is 0 Å². The summed E-state index contributed by atoms with van der Waals surface area (Å²) >= 11 is 3.61. The highest BCUT2D eigenvalue weighted by Gasteiger charge is 2.09. The van der Waals surface area contributed by atoms with E-state index in [1.807, 2.05) is 17.5 Å². The first-order valence-electron chi connectivity index (χ1n) is 5.50. The second kappa shape index (κ2) is 5.57. The molecular formula is C12H16N2S2. The normalized spacial score (nSPS) is 12.9. The SMILES string of the molecule is CCNC(C)c1cnc(Cc2cccs2)s1. The van der Waals surface area contributed by atoms with Gasteiger partial charge in [-0.2, -0.15) is 0 Å². The fraction of sp³-hybridized carbons (Fsp3) is 0.417. The number of thiophene rings is 1. The van der Waals surface area contributed by atoms with Gasteiger partial charge in [0.2, 0.25) is 0 Å². The van der Waals surface area contributed by atoms with Crippen LogP contribution >= 0.6 is 22.7 Å². The van der Waals surface area contributed by atoms with Crippen molar-refractivity contribution < 1.29 is 0 Å². The van der Waals surface area contributed by atoms with Crippen LogP contribution in [0.15, 0.2) is 23.7 Å². The Morgan fingerprint density at radius 2 is 2.38 bits per heavy atom. The fourth-order valence-electron chi connectivity index (χ4n) is 1.58. The average molecular weight is 252 g/mol. The van der Waals surface area contributed by atoms with Crippen LogP contribution in [0.5, 0.6) is 0 Å². The van der Waals surface area contributed by atoms with Crippen molar-refractivity contribution in [1.82, 2.24) is 10.3 Å². The summed E-state index contributed by atoms with van der Waals surface area (Å²) in [6.07, 6.45) is 2.97. The average Bonchev–Trinajstić information content (AvgIpc) is 2.90. The molecule has 0 aliphatic carbocycles. The molecule has 4 heteroatoms. The first kappa shape index (κ1) is 11.8. The molecule has 2 aromatic heterocycles. The maximum atomic E-state index is 4.48. The Bertz CT molecular complexity index is 420. The van der Waals surface area contributed by atoms with Crippen LogP contribution in [-0.4, -0.2) is 11.5 Å². The van der Waals surface area contributed by atoms with E-state index in [0.29, 0.717) is 6.04 Å². The van der Waals surface area contributed by atoms with Gasteiger partial charge in [0.25, 0.3) is 0 Å². The van der Waals surface area contributed by atoms with Crippen LogP contribution in [-0.2, 0) is 6.42 Å². The Morgan fingerprint density at radius 3 is 3.06 bits per heavy atom. The van der Waals surface area contributed by atoms with Crippen molar-refractivity contribution in [3.05, 3.63) is 38.5 Å². The summed E-state index contributed by atoms with van der Waals surface area (Å²) in [5.74, 6) is 0. The summed E-state index contributed by atoms with van der Waals surface area (Å²) in [7, 11) is 0. The van der Waals surface area contributed by atoms with Crippen molar-refractivity contribution in [2.24, 2.45) is 0 Å². The first-order valence-corrected chi connectivity index (χ1v) is 7.19. The largest absolute Gasteiger partial charge is 0.310 e. The molecule has 0 saturated heterocycles. The van der Waals surface area contributed by atoms with Crippen molar-refractivity contribution in [2.45, 2.75) is 26.3 Å². The number of thiazole rings is 1. The zero-order valence-corrected chi connectivity index (χ0v) is 11.2. The first-order chi connectivity index (χ1) is 7.79. The van der Waals surface area contributed by atoms with Crippen molar-refractivity contribution >= 4 is 22.7 Å². The van der Waals surface area contributed by atoms with Crippen LogP contribution in [0.25, 0.3) is 0 Å². The summed E-state index contributed by atoms with van der Waals surface area (Å²) in [6, 6.07) is 4.68. The molecule has 0 aromatic carbocycles. The van der Waals surface area contributed by atoms with Gasteiger partial charge in [-0.15, -0.1) is 22.7 Å². The molecule has 0 aliphatic heterocycles. The van der Waals surface area contributed by atoms with Crippen LogP contribution < -0.4 is 5.32 Å². The Hall–Kier alpha value is -0.710. The zero-order valence-electron chi connectivity index (χ0n) is 9.56. The monoisotopic (exact) mass is 252 g/mol. The molecule has 16 heavy (non-hydrogen) atoms. The summed E-state index contributed by atoms with van der Waals surface area (Å²) < 4.78 is 0. The van der Waals surface area contributed by atoms with Crippen LogP contribution in [0.1, 0.15) is 34.7 Å². The van der Waals surface area contributed by atoms with E-state index in [4.69, 9.17) is 0 Å². The third-order valence-electron chi connectivity index (χ3n) is 2.41. The third kappa shape index (κ3) is 2.90. The van der Waals surface area contributed by atoms with Crippen LogP contribution in [0.2, 0.25) is 0 Å². The fourth-order valence-corrected chi connectivity index (χ4v) is 3.35. The molecule has 2 nitrogen and oxygen atoms in total. The van der Waals surface area contributed by atoms with E-state index in [9.17, 15) is 0 Å². The number of nitrogens with one attached hydrogen (secondary N) is 1. The van der Waals surface area contributed by atoms with Crippen LogP contribution in [0, 0.1) is 0 Å². The number of nitrogens with zero attached hydrogens (tertiary/aromatic N) is 1. The van der Waals surface area contributed by atoms with Gasteiger partial charge < -0.3 is 5.32 Å². The minimum atomic E-state index is 0.416. The van der Waals surface area contributed by atoms with Gasteiger partial charge >= 0.3 is 0 Å². The molecule has 2 aromatic rings. The zero-order chi connectivity index (χ0) is 11.4. The Balaban J connectivity index is 2.02. The quantitative estimate of drug-likeness (QED) is 0.881. The lowest BCUT2D eigenvalue weighted by Gasteiger charge is -2.07. The predicted octanol–water partition coefficient (Wildman–Crippen LogP) is 3.47. The molecule has 2 heterocycles. The van der Waals surface area contributed by atoms with E-state index in [1.165, 1.54) is 14.8 Å². The van der Waals surface area contributed by atoms with E-state index in [2.05, 4.69) is 41.7 Å². The van der Waals surface area contributed by atoms with Crippen molar-refractivity contribution in [3.63, 3.8) is 0 Å². The minimum Gasteiger partial charge on any atom is -0.310 e. The lowest BCUT2D eigenvalue weighted by molar-refractivity contribution is 0.606. The number of hydrogen-bond acceptors (Lipinski definition) is 4. The van der Waals surface area contributed by atoms with E-state index in [-0.39, 0.29) is 0 Å². The number of hydrogen-bond donors (Lipinski definition) is 1. The van der Waals surface area contributed by atoms with E-state index in [1.54, 1.807) is 11.3 Å². The topological polar surface area (TPSA) is 24.9 Å². The Kier molecular flexibility index (Phi) is 4.09. The van der Waals surface area contributed by atoms with Gasteiger partial charge in [-0.05, 0) is 24.9 Å². The molecule has 0 bridgehead atoms. The smallest absolute Gasteiger partial charge is 0.0980 e. The van der Waals surface area contributed by atoms with Gasteiger partial charge in [0.1, 0.15) is 0 Å². The lowest BCUT2D eigenvalue weighted by atomic mass is 10.3. The molecule has 0 radical (unpaired) electrons. The standard InChI is InChI=1S/C12H16N2S2/c1-3-13-9(2)11-8-14-12(16-11)7-10-5-4-6-15-10/h4-6,8-9,13H,3,7H2,1-2H3. The van der Waals surface area contributed by atoms with Gasteiger partial charge in [-0.1, -0.05) is 13.0 Å². The van der Waals surface area contributed by atoms with Gasteiger partial charge in [-0.25, -0.2) is 4.98 Å². The lowest BCUT2D eigenvalue weighted by Crippen LogP contribution is -2.16. The van der Waals surface area contributed by atoms with Gasteiger partial charge in [0.05, 0.1) is 5.01 Å². The predicted molar refractivity (Wildman–Crippen MR) is 71.3 cm³/mol. The molecule has 1 atom stereocenters. The van der Waals surface area contributed by atoms with Gasteiger partial charge in [-0.3, -0.25) is 0 Å². The molecule has 0 aliphatic rings. The number of aromatic nitrogens is 1. The third-order valence-corrected chi connectivity index (χ3v) is 4.47. The molecular weight excluding hydrogens is 236 g/mol. The summed E-state index contributed by atoms with van der Waals surface area (Å²) in [5.41, 5.74) is 0. The molecule has 2 rings (SSSR count). The summed E-state index contributed by atoms with van der Waals surface area (Å²) in [6.45, 7) is 5.31. The molecule has 1 N–H and O–H groups in total. The molecule has 0 spiro atoms. The van der Waals surface area contributed by atoms with Crippen molar-refractivity contribution in [1.29, 1.82) is 0 Å². The molecule has 0 fully saturated rings. The summed E-state index contributed by atoms with van der Waals surface area (Å²) in [5, 5.41) is 6.73. The van der Waals surface area contributed by atoms with E-state index < -0.39 is 0 Å². The maximum Gasteiger partial charge on any atom is 0.0980 e. The minimum absolute atomic E-state index is 0.416. The molecule has 86 valence electrons. The van der Waals surface area contributed by atoms with Crippen molar-refractivity contribution in [2.75, 3.05) is 6.54 Å². The molecule has 0 amide bonds. The van der Waals surface area contributed by atoms with Gasteiger partial charge in [0, 0.05) is 28.4 Å². The second-order valence-electron chi connectivity index (χ2n) is 3.69. The molecule has 1 unspecified atom stereocenters. The van der Waals surface area contributed by atoms with E-state index >= 15 is 0 Å². The van der Waals surface area contributed by atoms with Crippen LogP contribution in [0.4, 0.5) is 0 Å². The molecule has 0 saturated carbocycles. The van der Waals surface area contributed by atoms with Crippen molar-refractivity contribution in [3.8, 4) is 0 Å². The highest BCUT2D eigenvalue weighted by Crippen LogP contribution is 2.23.